The minimum Gasteiger partial charge on any atom is -0.356 e. The molecule has 0 saturated heterocycles. The second-order valence-electron chi connectivity index (χ2n) is 12.4. The Morgan fingerprint density at radius 1 is 0.370 bits per heavy atom. The van der Waals surface area contributed by atoms with E-state index in [9.17, 15) is 0 Å². The number of nitrogens with zero attached hydrogens (tertiary/aromatic N) is 2. The normalized spacial score (nSPS) is 16.8. The lowest BCUT2D eigenvalue weighted by molar-refractivity contribution is 0.0263. The van der Waals surface area contributed by atoms with E-state index < -0.39 is 11.2 Å². The van der Waals surface area contributed by atoms with Gasteiger partial charge in [-0.3, -0.25) is 0 Å². The van der Waals surface area contributed by atoms with Crippen molar-refractivity contribution < 1.29 is 9.47 Å². The summed E-state index contributed by atoms with van der Waals surface area (Å²) < 4.78 is 13.1. The molecule has 4 heteroatoms. The highest BCUT2D eigenvalue weighted by atomic mass is 16.5. The van der Waals surface area contributed by atoms with E-state index in [2.05, 4.69) is 169 Å². The Morgan fingerprint density at radius 3 is 0.957 bits per heavy atom. The summed E-state index contributed by atoms with van der Waals surface area (Å²) in [5.74, 6) is 0. The number of rotatable bonds is 0. The lowest BCUT2D eigenvalue weighted by Crippen LogP contribution is -2.36. The first-order valence-corrected chi connectivity index (χ1v) is 15.9. The molecule has 0 atom stereocenters. The minimum absolute atomic E-state index is 0.490. The van der Waals surface area contributed by atoms with Crippen LogP contribution in [0.5, 0.6) is 0 Å². The Kier molecular flexibility index (Phi) is 6.01. The lowest BCUT2D eigenvalue weighted by atomic mass is 9.76. The van der Waals surface area contributed by atoms with Crippen molar-refractivity contribution in [2.24, 2.45) is 0 Å². The van der Waals surface area contributed by atoms with E-state index in [1.165, 1.54) is 67.3 Å². The zero-order valence-electron chi connectivity index (χ0n) is 26.0. The third-order valence-corrected chi connectivity index (χ3v) is 10.3. The highest BCUT2D eigenvalue weighted by Crippen LogP contribution is 2.57. The van der Waals surface area contributed by atoms with Crippen LogP contribution >= 0.6 is 0 Å². The molecule has 4 aliphatic rings. The fourth-order valence-electron chi connectivity index (χ4n) is 8.20. The summed E-state index contributed by atoms with van der Waals surface area (Å²) in [4.78, 5) is 4.53. The van der Waals surface area contributed by atoms with E-state index in [1.807, 2.05) is 0 Å². The summed E-state index contributed by atoms with van der Waals surface area (Å²) in [6.45, 7) is 1.31. The second kappa shape index (κ2) is 10.2. The molecule has 224 valence electrons. The average Bonchev–Trinajstić information content (AvgIpc) is 3.71. The van der Waals surface area contributed by atoms with Gasteiger partial charge in [0.15, 0.2) is 0 Å². The first-order chi connectivity index (χ1) is 22.6. The Bertz CT molecular complexity index is 1890. The summed E-state index contributed by atoms with van der Waals surface area (Å²) >= 11 is 0. The molecule has 0 unspecified atom stereocenters. The molecule has 0 amide bonds. The summed E-state index contributed by atoms with van der Waals surface area (Å²) in [5, 5.41) is 0. The smallest absolute Gasteiger partial charge is 0.148 e. The molecule has 0 aliphatic carbocycles. The van der Waals surface area contributed by atoms with E-state index in [0.29, 0.717) is 13.2 Å². The van der Waals surface area contributed by atoms with Crippen molar-refractivity contribution in [1.29, 1.82) is 0 Å². The average molecular weight is 599 g/mol. The van der Waals surface area contributed by atoms with Gasteiger partial charge in [0.2, 0.25) is 0 Å². The van der Waals surface area contributed by atoms with Crippen molar-refractivity contribution in [2.45, 2.75) is 24.4 Å². The van der Waals surface area contributed by atoms with Crippen molar-refractivity contribution in [3.8, 4) is 0 Å². The number of anilines is 4. The van der Waals surface area contributed by atoms with Crippen LogP contribution in [0.1, 0.15) is 44.5 Å². The lowest BCUT2D eigenvalue weighted by Gasteiger charge is -2.42. The van der Waals surface area contributed by atoms with Crippen LogP contribution in [-0.2, 0) is 33.9 Å². The maximum Gasteiger partial charge on any atom is 0.148 e. The number of ether oxygens (including phenoxy) is 2. The third kappa shape index (κ3) is 3.57. The van der Waals surface area contributed by atoms with Gasteiger partial charge in [0.1, 0.15) is 11.2 Å². The molecule has 2 spiro atoms. The molecule has 0 saturated carbocycles. The van der Waals surface area contributed by atoms with Crippen LogP contribution < -0.4 is 9.80 Å². The van der Waals surface area contributed by atoms with Gasteiger partial charge in [0.05, 0.1) is 13.2 Å². The predicted molar refractivity (Wildman–Crippen MR) is 184 cm³/mol. The van der Waals surface area contributed by atoms with Crippen molar-refractivity contribution >= 4 is 22.7 Å². The van der Waals surface area contributed by atoms with Gasteiger partial charge in [-0.15, -0.1) is 0 Å². The Morgan fingerprint density at radius 2 is 0.630 bits per heavy atom. The fourth-order valence-corrected chi connectivity index (χ4v) is 8.20. The van der Waals surface area contributed by atoms with Gasteiger partial charge in [-0.25, -0.2) is 0 Å². The van der Waals surface area contributed by atoms with Crippen LogP contribution in [-0.4, -0.2) is 14.1 Å². The molecule has 0 bridgehead atoms. The molecule has 0 radical (unpaired) electrons. The van der Waals surface area contributed by atoms with Crippen LogP contribution in [0.3, 0.4) is 0 Å². The van der Waals surface area contributed by atoms with Gasteiger partial charge in [-0.2, -0.15) is 0 Å². The van der Waals surface area contributed by atoms with Gasteiger partial charge in [-0.05, 0) is 46.5 Å². The molecule has 0 aromatic heterocycles. The minimum atomic E-state index is -0.490. The largest absolute Gasteiger partial charge is 0.356 e. The number of hydrogen-bond acceptors (Lipinski definition) is 4. The highest BCUT2D eigenvalue weighted by molar-refractivity contribution is 5.81. The molecule has 0 fully saturated rings. The fraction of sp³-hybridized carbons (Fsp3) is 0.143. The Labute approximate surface area is 270 Å². The van der Waals surface area contributed by atoms with E-state index in [0.717, 1.165) is 0 Å². The molecule has 4 heterocycles. The number of benzene rings is 6. The molecule has 0 N–H and O–H groups in total. The van der Waals surface area contributed by atoms with Gasteiger partial charge in [0.25, 0.3) is 0 Å². The van der Waals surface area contributed by atoms with E-state index in [-0.39, 0.29) is 0 Å². The molecule has 4 nitrogen and oxygen atoms in total. The van der Waals surface area contributed by atoms with Gasteiger partial charge in [-0.1, -0.05) is 121 Å². The van der Waals surface area contributed by atoms with Gasteiger partial charge in [0, 0.05) is 59.1 Å². The predicted octanol–water partition coefficient (Wildman–Crippen LogP) is 9.18. The molecule has 6 aromatic carbocycles. The molecule has 6 aromatic rings. The van der Waals surface area contributed by atoms with E-state index in [4.69, 9.17) is 9.47 Å². The summed E-state index contributed by atoms with van der Waals surface area (Å²) in [6.07, 6.45) is 0. The third-order valence-electron chi connectivity index (χ3n) is 10.3. The van der Waals surface area contributed by atoms with Crippen molar-refractivity contribution in [3.05, 3.63) is 190 Å². The quantitative estimate of drug-likeness (QED) is 0.174. The maximum absolute atomic E-state index is 6.53. The maximum atomic E-state index is 6.53. The van der Waals surface area contributed by atoms with Crippen LogP contribution in [0.25, 0.3) is 0 Å². The standard InChI is InChI=1S/2C21H17NO/c2*1-22-19-12-6-4-10-17(19)21(18-11-5-7-13-20(18)22)16-9-3-2-8-15(16)14-23-21/h2*2-13H,14H2,1H3. The van der Waals surface area contributed by atoms with E-state index >= 15 is 0 Å². The van der Waals surface area contributed by atoms with Crippen molar-refractivity contribution in [2.75, 3.05) is 23.9 Å². The Hall–Kier alpha value is -5.16. The topological polar surface area (TPSA) is 24.9 Å². The summed E-state index contributed by atoms with van der Waals surface area (Å²) in [5.41, 5.74) is 13.9. The van der Waals surface area contributed by atoms with Crippen LogP contribution in [0, 0.1) is 0 Å². The number of fused-ring (bicyclic) bond motifs is 12. The molecular weight excluding hydrogens is 564 g/mol. The molecule has 4 aliphatic heterocycles. The molecule has 46 heavy (non-hydrogen) atoms. The second-order valence-corrected chi connectivity index (χ2v) is 12.4. The highest BCUT2D eigenvalue weighted by Gasteiger charge is 2.50. The summed E-state index contributed by atoms with van der Waals surface area (Å²) in [7, 11) is 4.26. The van der Waals surface area contributed by atoms with Crippen LogP contribution in [0.15, 0.2) is 146 Å². The van der Waals surface area contributed by atoms with Gasteiger partial charge >= 0.3 is 0 Å². The molecule has 10 rings (SSSR count). The van der Waals surface area contributed by atoms with Crippen LogP contribution in [0.2, 0.25) is 0 Å². The first kappa shape index (κ1) is 27.2. The summed E-state index contributed by atoms with van der Waals surface area (Å²) in [6, 6.07) is 51.5. The zero-order chi connectivity index (χ0) is 30.9. The monoisotopic (exact) mass is 598 g/mol. The molecular formula is C42H34N2O2. The Balaban J connectivity index is 0.000000127. The number of para-hydroxylation sites is 4. The van der Waals surface area contributed by atoms with E-state index in [1.54, 1.807) is 0 Å². The zero-order valence-corrected chi connectivity index (χ0v) is 26.0. The number of hydrogen-bond donors (Lipinski definition) is 0. The van der Waals surface area contributed by atoms with Gasteiger partial charge < -0.3 is 19.3 Å². The first-order valence-electron chi connectivity index (χ1n) is 15.9. The SMILES string of the molecule is CN1c2ccccc2C2(OCc3ccccc32)c2ccccc21.CN1c2ccccc2C2(OCc3ccccc32)c2ccccc21. The van der Waals surface area contributed by atoms with Crippen molar-refractivity contribution in [1.82, 2.24) is 0 Å². The van der Waals surface area contributed by atoms with Crippen LogP contribution in [0.4, 0.5) is 22.7 Å². The van der Waals surface area contributed by atoms with Crippen molar-refractivity contribution in [3.63, 3.8) is 0 Å².